The van der Waals surface area contributed by atoms with Crippen molar-refractivity contribution in [3.63, 3.8) is 0 Å². The summed E-state index contributed by atoms with van der Waals surface area (Å²) in [4.78, 5) is 12.6. The second-order valence-corrected chi connectivity index (χ2v) is 9.22. The number of methoxy groups -OCH3 is 1. The monoisotopic (exact) mass is 422 g/mol. The van der Waals surface area contributed by atoms with Crippen LogP contribution in [-0.2, 0) is 10.0 Å². The number of benzene rings is 2. The molecule has 0 radical (unpaired) electrons. The lowest BCUT2D eigenvalue weighted by molar-refractivity contribution is 0.102. The standard InChI is InChI=1S/C20H23ClN2O4S/c1-14-6-5-11-23(13-14)28(25,26)19-12-15(9-10-16(19)21)20(24)22-17-7-3-4-8-18(17)27-2/h3-4,7-10,12,14H,5-6,11,13H2,1-2H3,(H,22,24). The molecule has 0 saturated carbocycles. The summed E-state index contributed by atoms with van der Waals surface area (Å²) in [6.07, 6.45) is 1.81. The van der Waals surface area contributed by atoms with Crippen LogP contribution in [0.25, 0.3) is 0 Å². The van der Waals surface area contributed by atoms with Gasteiger partial charge in [0.1, 0.15) is 10.6 Å². The lowest BCUT2D eigenvalue weighted by Gasteiger charge is -2.30. The van der Waals surface area contributed by atoms with E-state index in [2.05, 4.69) is 5.32 Å². The first-order valence-corrected chi connectivity index (χ1v) is 10.9. The molecule has 3 rings (SSSR count). The number of rotatable bonds is 5. The normalized spacial score (nSPS) is 17.9. The fraction of sp³-hybridized carbons (Fsp3) is 0.350. The zero-order valence-corrected chi connectivity index (χ0v) is 17.4. The predicted molar refractivity (Wildman–Crippen MR) is 110 cm³/mol. The highest BCUT2D eigenvalue weighted by Gasteiger charge is 2.31. The molecule has 0 spiro atoms. The number of piperidine rings is 1. The molecule has 2 aromatic rings. The Balaban J connectivity index is 1.89. The molecule has 1 unspecified atom stereocenters. The van der Waals surface area contributed by atoms with Crippen LogP contribution in [0.3, 0.4) is 0 Å². The second kappa shape index (κ2) is 8.51. The van der Waals surface area contributed by atoms with Crippen LogP contribution in [-0.4, -0.2) is 38.8 Å². The molecule has 1 aliphatic rings. The van der Waals surface area contributed by atoms with Gasteiger partial charge in [-0.25, -0.2) is 8.42 Å². The molecule has 1 fully saturated rings. The van der Waals surface area contributed by atoms with Crippen molar-refractivity contribution in [2.24, 2.45) is 5.92 Å². The van der Waals surface area contributed by atoms with Gasteiger partial charge in [0.2, 0.25) is 10.0 Å². The SMILES string of the molecule is COc1ccccc1NC(=O)c1ccc(Cl)c(S(=O)(=O)N2CCCC(C)C2)c1. The van der Waals surface area contributed by atoms with E-state index in [9.17, 15) is 13.2 Å². The first-order chi connectivity index (χ1) is 13.3. The highest BCUT2D eigenvalue weighted by Crippen LogP contribution is 2.30. The third kappa shape index (κ3) is 4.32. The van der Waals surface area contributed by atoms with Crippen LogP contribution in [0.2, 0.25) is 5.02 Å². The third-order valence-corrected chi connectivity index (χ3v) is 7.13. The van der Waals surface area contributed by atoms with Gasteiger partial charge in [0.05, 0.1) is 17.8 Å². The Morgan fingerprint density at radius 2 is 2.00 bits per heavy atom. The van der Waals surface area contributed by atoms with E-state index < -0.39 is 15.9 Å². The molecule has 0 aromatic heterocycles. The number of carbonyl (C=O) groups excluding carboxylic acids is 1. The Bertz CT molecular complexity index is 978. The van der Waals surface area contributed by atoms with Crippen LogP contribution in [0, 0.1) is 5.92 Å². The summed E-state index contributed by atoms with van der Waals surface area (Å²) in [6, 6.07) is 11.3. The molecule has 28 heavy (non-hydrogen) atoms. The molecule has 150 valence electrons. The van der Waals surface area contributed by atoms with E-state index in [0.29, 0.717) is 30.4 Å². The number of hydrogen-bond acceptors (Lipinski definition) is 4. The minimum Gasteiger partial charge on any atom is -0.495 e. The largest absolute Gasteiger partial charge is 0.495 e. The van der Waals surface area contributed by atoms with Gasteiger partial charge in [0.25, 0.3) is 5.91 Å². The maximum Gasteiger partial charge on any atom is 0.255 e. The lowest BCUT2D eigenvalue weighted by Crippen LogP contribution is -2.39. The maximum atomic E-state index is 13.1. The average Bonchev–Trinajstić information content (AvgIpc) is 2.68. The van der Waals surface area contributed by atoms with Crippen molar-refractivity contribution < 1.29 is 17.9 Å². The zero-order valence-electron chi connectivity index (χ0n) is 15.8. The summed E-state index contributed by atoms with van der Waals surface area (Å²) in [7, 11) is -2.26. The summed E-state index contributed by atoms with van der Waals surface area (Å²) in [6.45, 7) is 2.94. The number of amides is 1. The Morgan fingerprint density at radius 3 is 2.71 bits per heavy atom. The Hall–Kier alpha value is -2.09. The number of para-hydroxylation sites is 2. The van der Waals surface area contributed by atoms with Crippen molar-refractivity contribution >= 4 is 33.2 Å². The number of ether oxygens (including phenoxy) is 1. The van der Waals surface area contributed by atoms with Crippen molar-refractivity contribution in [3.8, 4) is 5.75 Å². The van der Waals surface area contributed by atoms with E-state index in [1.165, 1.54) is 29.6 Å². The Kier molecular flexibility index (Phi) is 6.27. The van der Waals surface area contributed by atoms with Crippen LogP contribution in [0.15, 0.2) is 47.4 Å². The van der Waals surface area contributed by atoms with E-state index in [1.807, 2.05) is 6.92 Å². The van der Waals surface area contributed by atoms with Gasteiger partial charge >= 0.3 is 0 Å². The average molecular weight is 423 g/mol. The summed E-state index contributed by atoms with van der Waals surface area (Å²) in [5.41, 5.74) is 0.707. The number of anilines is 1. The van der Waals surface area contributed by atoms with Crippen LogP contribution >= 0.6 is 11.6 Å². The van der Waals surface area contributed by atoms with E-state index in [4.69, 9.17) is 16.3 Å². The van der Waals surface area contributed by atoms with Gasteiger partial charge < -0.3 is 10.1 Å². The minimum atomic E-state index is -3.77. The van der Waals surface area contributed by atoms with E-state index >= 15 is 0 Å². The quantitative estimate of drug-likeness (QED) is 0.789. The number of hydrogen-bond donors (Lipinski definition) is 1. The number of halogens is 1. The first-order valence-electron chi connectivity index (χ1n) is 9.07. The van der Waals surface area contributed by atoms with Crippen molar-refractivity contribution in [3.05, 3.63) is 53.1 Å². The smallest absolute Gasteiger partial charge is 0.255 e. The van der Waals surface area contributed by atoms with Crippen molar-refractivity contribution in [1.29, 1.82) is 0 Å². The molecule has 1 amide bonds. The maximum absolute atomic E-state index is 13.1. The molecule has 1 N–H and O–H groups in total. The van der Waals surface area contributed by atoms with Gasteiger partial charge in [-0.15, -0.1) is 0 Å². The summed E-state index contributed by atoms with van der Waals surface area (Å²) < 4.78 is 32.8. The van der Waals surface area contributed by atoms with Crippen molar-refractivity contribution in [2.75, 3.05) is 25.5 Å². The molecule has 1 saturated heterocycles. The highest BCUT2D eigenvalue weighted by atomic mass is 35.5. The lowest BCUT2D eigenvalue weighted by atomic mass is 10.0. The molecule has 0 bridgehead atoms. The first kappa shape index (κ1) is 20.6. The molecule has 1 atom stereocenters. The zero-order chi connectivity index (χ0) is 20.3. The topological polar surface area (TPSA) is 75.7 Å². The third-order valence-electron chi connectivity index (χ3n) is 4.79. The molecular formula is C20H23ClN2O4S. The van der Waals surface area contributed by atoms with E-state index in [-0.39, 0.29) is 15.5 Å². The molecule has 1 heterocycles. The van der Waals surface area contributed by atoms with Crippen LogP contribution in [0.5, 0.6) is 5.75 Å². The van der Waals surface area contributed by atoms with Crippen molar-refractivity contribution in [2.45, 2.75) is 24.7 Å². The fourth-order valence-corrected chi connectivity index (χ4v) is 5.39. The van der Waals surface area contributed by atoms with Gasteiger partial charge in [-0.05, 0) is 49.1 Å². The predicted octanol–water partition coefficient (Wildman–Crippen LogP) is 4.02. The van der Waals surface area contributed by atoms with Gasteiger partial charge in [-0.3, -0.25) is 4.79 Å². The molecule has 0 aliphatic carbocycles. The molecule has 2 aromatic carbocycles. The summed E-state index contributed by atoms with van der Waals surface area (Å²) in [5, 5.41) is 2.85. The molecule has 6 nitrogen and oxygen atoms in total. The number of nitrogens with zero attached hydrogens (tertiary/aromatic N) is 1. The Labute approximate surface area is 170 Å². The number of sulfonamides is 1. The summed E-state index contributed by atoms with van der Waals surface area (Å²) in [5.74, 6) is 0.365. The minimum absolute atomic E-state index is 0.0454. The second-order valence-electron chi connectivity index (χ2n) is 6.91. The van der Waals surface area contributed by atoms with Gasteiger partial charge in [-0.2, -0.15) is 4.31 Å². The van der Waals surface area contributed by atoms with Crippen LogP contribution < -0.4 is 10.1 Å². The number of nitrogens with one attached hydrogen (secondary N) is 1. The van der Waals surface area contributed by atoms with Gasteiger partial charge in [0, 0.05) is 18.7 Å². The molecule has 1 aliphatic heterocycles. The van der Waals surface area contributed by atoms with Gasteiger partial charge in [-0.1, -0.05) is 30.7 Å². The van der Waals surface area contributed by atoms with E-state index in [0.717, 1.165) is 12.8 Å². The van der Waals surface area contributed by atoms with Gasteiger partial charge in [0.15, 0.2) is 0 Å². The Morgan fingerprint density at radius 1 is 1.25 bits per heavy atom. The fourth-order valence-electron chi connectivity index (χ4n) is 3.29. The summed E-state index contributed by atoms with van der Waals surface area (Å²) >= 11 is 6.19. The van der Waals surface area contributed by atoms with Crippen LogP contribution in [0.1, 0.15) is 30.1 Å². The number of carbonyl (C=O) groups is 1. The van der Waals surface area contributed by atoms with Crippen LogP contribution in [0.4, 0.5) is 5.69 Å². The molecular weight excluding hydrogens is 400 g/mol. The molecule has 8 heteroatoms. The van der Waals surface area contributed by atoms with E-state index in [1.54, 1.807) is 24.3 Å². The highest BCUT2D eigenvalue weighted by molar-refractivity contribution is 7.89. The van der Waals surface area contributed by atoms with Crippen molar-refractivity contribution in [1.82, 2.24) is 4.31 Å².